The monoisotopic (exact) mass is 829 g/mol. The summed E-state index contributed by atoms with van der Waals surface area (Å²) in [7, 11) is 0. The molecule has 0 saturated heterocycles. The summed E-state index contributed by atoms with van der Waals surface area (Å²) >= 11 is 0. The Morgan fingerprint density at radius 2 is 0.862 bits per heavy atom. The number of aliphatic imine (C=N–C) groups is 2. The molecule has 4 heteroatoms. The van der Waals surface area contributed by atoms with E-state index in [1.54, 1.807) is 0 Å². The summed E-state index contributed by atoms with van der Waals surface area (Å²) in [6, 6.07) is 80.2. The van der Waals surface area contributed by atoms with Crippen LogP contribution in [0.4, 0.5) is 0 Å². The Labute approximate surface area is 375 Å². The van der Waals surface area contributed by atoms with E-state index in [9.17, 15) is 0 Å². The van der Waals surface area contributed by atoms with Gasteiger partial charge in [-0.2, -0.15) is 0 Å². The van der Waals surface area contributed by atoms with Crippen molar-refractivity contribution in [2.45, 2.75) is 6.17 Å². The minimum absolute atomic E-state index is 0.454. The Kier molecular flexibility index (Phi) is 8.56. The zero-order chi connectivity index (χ0) is 42.8. The summed E-state index contributed by atoms with van der Waals surface area (Å²) in [5, 5.41) is 15.4. The second-order valence-corrected chi connectivity index (χ2v) is 17.0. The molecule has 0 fully saturated rings. The molecule has 0 saturated carbocycles. The van der Waals surface area contributed by atoms with E-state index in [4.69, 9.17) is 14.4 Å². The van der Waals surface area contributed by atoms with E-state index >= 15 is 0 Å². The topological polar surface area (TPSA) is 49.9 Å². The third-order valence-electron chi connectivity index (χ3n) is 13.1. The summed E-state index contributed by atoms with van der Waals surface area (Å²) in [5.41, 5.74) is 11.7. The number of furan rings is 1. The van der Waals surface area contributed by atoms with Crippen LogP contribution in [0.25, 0.3) is 98.4 Å². The van der Waals surface area contributed by atoms with Gasteiger partial charge in [-0.05, 0) is 124 Å². The standard InChI is InChI=1S/C61H39N3O/c1-3-13-43-32-47(26-20-38(43)10-1)51-36-55(58-54-17-7-8-19-56(54)65-57(58)37-51)48-29-27-46-35-50(31-28-45(46)33-48)61-63-59(62-60(64-61)49-30-21-39-11-2-4-14-44(39)34-49)42-24-22-41(23-25-42)53-18-9-15-40-12-5-6-16-52(40)53/h1-37,61H,(H,62,63,64). The predicted molar refractivity (Wildman–Crippen MR) is 272 cm³/mol. The molecule has 1 aromatic heterocycles. The highest BCUT2D eigenvalue weighted by Crippen LogP contribution is 2.42. The van der Waals surface area contributed by atoms with Crippen molar-refractivity contribution in [3.8, 4) is 33.4 Å². The first-order valence-corrected chi connectivity index (χ1v) is 22.1. The van der Waals surface area contributed by atoms with Crippen molar-refractivity contribution in [3.05, 3.63) is 241 Å². The van der Waals surface area contributed by atoms with E-state index in [2.05, 4.69) is 224 Å². The highest BCUT2D eigenvalue weighted by Gasteiger charge is 2.22. The number of hydrogen-bond donors (Lipinski definition) is 1. The van der Waals surface area contributed by atoms with Crippen LogP contribution >= 0.6 is 0 Å². The maximum absolute atomic E-state index is 6.55. The molecular formula is C61H39N3O. The number of para-hydroxylation sites is 1. The Morgan fingerprint density at radius 1 is 0.323 bits per heavy atom. The minimum atomic E-state index is -0.454. The summed E-state index contributed by atoms with van der Waals surface area (Å²) in [6.45, 7) is 0. The molecule has 13 rings (SSSR count). The third-order valence-corrected chi connectivity index (χ3v) is 13.1. The lowest BCUT2D eigenvalue weighted by molar-refractivity contribution is 0.669. The summed E-state index contributed by atoms with van der Waals surface area (Å²) in [4.78, 5) is 10.6. The van der Waals surface area contributed by atoms with Crippen LogP contribution in [-0.2, 0) is 0 Å². The van der Waals surface area contributed by atoms with Crippen LogP contribution in [0.1, 0.15) is 22.9 Å². The van der Waals surface area contributed by atoms with E-state index < -0.39 is 6.17 Å². The van der Waals surface area contributed by atoms with E-state index in [1.807, 2.05) is 6.07 Å². The molecule has 0 amide bonds. The highest BCUT2D eigenvalue weighted by molar-refractivity contribution is 6.17. The Balaban J connectivity index is 0.900. The largest absolute Gasteiger partial charge is 0.456 e. The molecule has 0 spiro atoms. The van der Waals surface area contributed by atoms with E-state index in [1.165, 1.54) is 37.9 Å². The number of amidine groups is 2. The van der Waals surface area contributed by atoms with Crippen molar-refractivity contribution >= 4 is 76.7 Å². The van der Waals surface area contributed by atoms with Crippen LogP contribution in [0.15, 0.2) is 239 Å². The summed E-state index contributed by atoms with van der Waals surface area (Å²) in [5.74, 6) is 1.58. The first-order valence-electron chi connectivity index (χ1n) is 22.1. The van der Waals surface area contributed by atoms with Gasteiger partial charge in [0.1, 0.15) is 22.8 Å². The molecule has 0 bridgehead atoms. The van der Waals surface area contributed by atoms with Gasteiger partial charge in [0.25, 0.3) is 0 Å². The van der Waals surface area contributed by atoms with Gasteiger partial charge in [0.2, 0.25) is 0 Å². The number of hydrogen-bond acceptors (Lipinski definition) is 4. The fraction of sp³-hybridized carbons (Fsp3) is 0.0164. The Bertz CT molecular complexity index is 3930. The molecular weight excluding hydrogens is 791 g/mol. The minimum Gasteiger partial charge on any atom is -0.456 e. The molecule has 2 heterocycles. The van der Waals surface area contributed by atoms with Crippen molar-refractivity contribution in [2.24, 2.45) is 9.98 Å². The zero-order valence-electron chi connectivity index (χ0n) is 35.2. The molecule has 4 nitrogen and oxygen atoms in total. The molecule has 0 aliphatic carbocycles. The van der Waals surface area contributed by atoms with Gasteiger partial charge in [0.05, 0.1) is 0 Å². The number of nitrogens with zero attached hydrogens (tertiary/aromatic N) is 2. The zero-order valence-corrected chi connectivity index (χ0v) is 35.2. The number of rotatable bonds is 6. The molecule has 1 atom stereocenters. The van der Waals surface area contributed by atoms with Crippen LogP contribution in [0.5, 0.6) is 0 Å². The molecule has 1 aliphatic heterocycles. The highest BCUT2D eigenvalue weighted by atomic mass is 16.3. The van der Waals surface area contributed by atoms with E-state index in [-0.39, 0.29) is 0 Å². The van der Waals surface area contributed by atoms with Gasteiger partial charge >= 0.3 is 0 Å². The fourth-order valence-corrected chi connectivity index (χ4v) is 9.72. The maximum Gasteiger partial charge on any atom is 0.169 e. The smallest absolute Gasteiger partial charge is 0.169 e. The van der Waals surface area contributed by atoms with E-state index in [0.717, 1.165) is 88.9 Å². The van der Waals surface area contributed by atoms with Crippen LogP contribution < -0.4 is 5.32 Å². The first kappa shape index (κ1) is 37.0. The van der Waals surface area contributed by atoms with Crippen molar-refractivity contribution < 1.29 is 4.42 Å². The van der Waals surface area contributed by atoms with E-state index in [0.29, 0.717) is 0 Å². The van der Waals surface area contributed by atoms with Gasteiger partial charge in [0.15, 0.2) is 6.17 Å². The lowest BCUT2D eigenvalue weighted by Crippen LogP contribution is -2.36. The van der Waals surface area contributed by atoms with Crippen molar-refractivity contribution in [1.82, 2.24) is 5.32 Å². The number of nitrogens with one attached hydrogen (secondary N) is 1. The van der Waals surface area contributed by atoms with Gasteiger partial charge < -0.3 is 9.73 Å². The second kappa shape index (κ2) is 15.0. The van der Waals surface area contributed by atoms with Crippen LogP contribution in [0.2, 0.25) is 0 Å². The third kappa shape index (κ3) is 6.54. The maximum atomic E-state index is 6.55. The molecule has 304 valence electrons. The summed E-state index contributed by atoms with van der Waals surface area (Å²) < 4.78 is 6.55. The predicted octanol–water partition coefficient (Wildman–Crippen LogP) is 15.7. The molecule has 12 aromatic rings. The van der Waals surface area contributed by atoms with Gasteiger partial charge in [-0.15, -0.1) is 0 Å². The van der Waals surface area contributed by atoms with Crippen molar-refractivity contribution in [3.63, 3.8) is 0 Å². The van der Waals surface area contributed by atoms with Gasteiger partial charge in [-0.3, -0.25) is 0 Å². The number of benzene rings is 11. The average Bonchev–Trinajstić information content (AvgIpc) is 3.76. The normalized spacial score (nSPS) is 14.0. The molecule has 1 aliphatic rings. The summed E-state index contributed by atoms with van der Waals surface area (Å²) in [6.07, 6.45) is -0.454. The van der Waals surface area contributed by atoms with Gasteiger partial charge in [0, 0.05) is 21.9 Å². The van der Waals surface area contributed by atoms with Crippen molar-refractivity contribution in [1.29, 1.82) is 0 Å². The quantitative estimate of drug-likeness (QED) is 0.181. The lowest BCUT2D eigenvalue weighted by Gasteiger charge is -2.23. The molecule has 1 unspecified atom stereocenters. The van der Waals surface area contributed by atoms with Gasteiger partial charge in [-0.25, -0.2) is 9.98 Å². The van der Waals surface area contributed by atoms with Crippen LogP contribution in [-0.4, -0.2) is 11.7 Å². The molecule has 1 N–H and O–H groups in total. The fourth-order valence-electron chi connectivity index (χ4n) is 9.72. The Hall–Kier alpha value is -8.60. The SMILES string of the molecule is c1ccc2cc(C3=NC(c4ccc5cc(-c6cc(-c7ccc8ccccc8c7)cc7oc8ccccc8c67)ccc5c4)N=C(c4ccc(-c5cccc6ccccc56)cc4)N3)ccc2c1. The second-order valence-electron chi connectivity index (χ2n) is 17.0. The van der Waals surface area contributed by atoms with Crippen LogP contribution in [0.3, 0.4) is 0 Å². The molecule has 0 radical (unpaired) electrons. The van der Waals surface area contributed by atoms with Gasteiger partial charge in [-0.1, -0.05) is 182 Å². The molecule has 65 heavy (non-hydrogen) atoms. The lowest BCUT2D eigenvalue weighted by atomic mass is 9.92. The van der Waals surface area contributed by atoms with Crippen molar-refractivity contribution in [2.75, 3.05) is 0 Å². The number of fused-ring (bicyclic) bond motifs is 7. The first-order chi connectivity index (χ1) is 32.1. The Morgan fingerprint density at radius 3 is 1.66 bits per heavy atom. The van der Waals surface area contributed by atoms with Crippen LogP contribution in [0, 0.1) is 0 Å². The average molecular weight is 830 g/mol. The molecule has 11 aromatic carbocycles.